The van der Waals surface area contributed by atoms with Crippen LogP contribution in [0.25, 0.3) is 21.5 Å². The van der Waals surface area contributed by atoms with Gasteiger partial charge < -0.3 is 0 Å². The highest BCUT2D eigenvalue weighted by molar-refractivity contribution is 6.06. The summed E-state index contributed by atoms with van der Waals surface area (Å²) < 4.78 is 0. The predicted octanol–water partition coefficient (Wildman–Crippen LogP) is 20.6. The number of aryl methyl sites for hydroxylation is 2. The summed E-state index contributed by atoms with van der Waals surface area (Å²) in [5.41, 5.74) is 25.1. The summed E-state index contributed by atoms with van der Waals surface area (Å²) in [4.78, 5) is 0. The second-order valence-corrected chi connectivity index (χ2v) is 24.4. The predicted molar refractivity (Wildman–Crippen MR) is 288 cm³/mol. The van der Waals surface area contributed by atoms with Crippen LogP contribution in [0.3, 0.4) is 0 Å². The molecular weight excluding hydrogens is 757 g/mol. The molecule has 1 aliphatic carbocycles. The molecule has 0 spiro atoms. The Balaban J connectivity index is 0.000000272. The first-order valence-corrected chi connectivity index (χ1v) is 25.3. The van der Waals surface area contributed by atoms with Crippen LogP contribution in [-0.4, -0.2) is 0 Å². The number of benzene rings is 4. The molecule has 0 saturated carbocycles. The lowest BCUT2D eigenvalue weighted by molar-refractivity contribution is 0.566. The summed E-state index contributed by atoms with van der Waals surface area (Å²) in [5.74, 6) is 4.75. The quantitative estimate of drug-likeness (QED) is 0.155. The number of fused-ring (bicyclic) bond motifs is 2. The van der Waals surface area contributed by atoms with E-state index in [0.29, 0.717) is 47.3 Å². The highest BCUT2D eigenvalue weighted by atomic mass is 14.3. The van der Waals surface area contributed by atoms with Crippen LogP contribution >= 0.6 is 0 Å². The largest absolute Gasteiger partial charge is 0.0655 e. The Labute approximate surface area is 391 Å². The zero-order chi connectivity index (χ0) is 48.7. The van der Waals surface area contributed by atoms with Crippen LogP contribution in [0.4, 0.5) is 0 Å². The highest BCUT2D eigenvalue weighted by Crippen LogP contribution is 2.45. The lowest BCUT2D eigenvalue weighted by Gasteiger charge is -2.34. The molecule has 0 N–H and O–H groups in total. The van der Waals surface area contributed by atoms with Gasteiger partial charge in [0.15, 0.2) is 0 Å². The van der Waals surface area contributed by atoms with Crippen LogP contribution < -0.4 is 0 Å². The smallest absolute Gasteiger partial charge is 0.0102 e. The fourth-order valence-corrected chi connectivity index (χ4v) is 11.8. The Morgan fingerprint density at radius 1 is 0.333 bits per heavy atom. The third kappa shape index (κ3) is 11.5. The fourth-order valence-electron chi connectivity index (χ4n) is 11.8. The summed E-state index contributed by atoms with van der Waals surface area (Å²) in [7, 11) is 0. The molecule has 0 nitrogen and oxygen atoms in total. The molecule has 0 unspecified atom stereocenters. The summed E-state index contributed by atoms with van der Waals surface area (Å²) in [6.07, 6.45) is 1.21. The molecule has 0 radical (unpaired) electrons. The molecule has 0 saturated heterocycles. The molecule has 0 bridgehead atoms. The van der Waals surface area contributed by atoms with Crippen molar-refractivity contribution >= 4 is 21.5 Å². The van der Waals surface area contributed by atoms with Gasteiger partial charge in [-0.05, 0) is 206 Å². The average Bonchev–Trinajstić information content (AvgIpc) is 3.45. The maximum Gasteiger partial charge on any atom is -0.0102 e. The summed E-state index contributed by atoms with van der Waals surface area (Å²) in [6, 6.07) is 9.97. The van der Waals surface area contributed by atoms with E-state index in [-0.39, 0.29) is 10.8 Å². The Hall–Kier alpha value is -3.12. The van der Waals surface area contributed by atoms with Gasteiger partial charge in [0, 0.05) is 0 Å². The van der Waals surface area contributed by atoms with Gasteiger partial charge in [0.05, 0.1) is 0 Å². The maximum absolute atomic E-state index is 2.50. The number of rotatable bonds is 8. The minimum atomic E-state index is 0.147. The van der Waals surface area contributed by atoms with Crippen molar-refractivity contribution in [2.45, 2.75) is 247 Å². The van der Waals surface area contributed by atoms with Crippen LogP contribution in [0.5, 0.6) is 0 Å². The van der Waals surface area contributed by atoms with Gasteiger partial charge in [0.25, 0.3) is 0 Å². The minimum Gasteiger partial charge on any atom is -0.0655 e. The van der Waals surface area contributed by atoms with E-state index < -0.39 is 0 Å². The van der Waals surface area contributed by atoms with E-state index in [2.05, 4.69) is 218 Å². The third-order valence-corrected chi connectivity index (χ3v) is 14.2. The first kappa shape index (κ1) is 54.2. The van der Waals surface area contributed by atoms with Gasteiger partial charge in [-0.2, -0.15) is 0 Å². The standard InChI is InChI=1S/C29H40.C21H36.C13H22/c1-16(2)21-12-24-19(7)26-14-23(18(5)6)28(29(9,10)11)15-27(26)20(8)25(24)13-22(21)17(3)4;1-12(2)17-15(7)19(14(5)6)20(21(9,10)11)16(8)18(17)13(3)4;1-8(2)12-10(5)7-11(6)13(12)9(3)4/h12-18H,1-11H3;12-14H,1-11H3;8-9H,7H2,1-6H3. The first-order chi connectivity index (χ1) is 28.7. The second-order valence-electron chi connectivity index (χ2n) is 24.4. The number of hydrogen-bond acceptors (Lipinski definition) is 0. The Kier molecular flexibility index (Phi) is 17.7. The van der Waals surface area contributed by atoms with E-state index in [4.69, 9.17) is 0 Å². The minimum absolute atomic E-state index is 0.147. The van der Waals surface area contributed by atoms with E-state index in [0.717, 1.165) is 0 Å². The van der Waals surface area contributed by atoms with Crippen LogP contribution in [0, 0.1) is 39.5 Å². The van der Waals surface area contributed by atoms with Gasteiger partial charge in [-0.1, -0.05) is 188 Å². The van der Waals surface area contributed by atoms with Crippen molar-refractivity contribution in [1.29, 1.82) is 0 Å². The van der Waals surface area contributed by atoms with Crippen molar-refractivity contribution in [3.05, 3.63) is 113 Å². The molecule has 0 aliphatic heterocycles. The lowest BCUT2D eigenvalue weighted by Crippen LogP contribution is -2.22. The van der Waals surface area contributed by atoms with Crippen molar-refractivity contribution in [3.8, 4) is 0 Å². The van der Waals surface area contributed by atoms with Gasteiger partial charge in [-0.3, -0.25) is 0 Å². The topological polar surface area (TPSA) is 0 Å². The molecule has 5 rings (SSSR count). The normalized spacial score (nSPS) is 14.0. The molecule has 0 fully saturated rings. The zero-order valence-electron chi connectivity index (χ0n) is 46.6. The van der Waals surface area contributed by atoms with E-state index >= 15 is 0 Å². The third-order valence-electron chi connectivity index (χ3n) is 14.2. The van der Waals surface area contributed by atoms with Crippen molar-refractivity contribution in [1.82, 2.24) is 0 Å². The number of hydrogen-bond donors (Lipinski definition) is 0. The molecular formula is C63H98. The fraction of sp³-hybridized carbons (Fsp3) is 0.619. The van der Waals surface area contributed by atoms with Gasteiger partial charge >= 0.3 is 0 Å². The molecule has 4 aromatic carbocycles. The zero-order valence-corrected chi connectivity index (χ0v) is 46.6. The Morgan fingerprint density at radius 3 is 0.937 bits per heavy atom. The molecule has 0 heterocycles. The average molecular weight is 855 g/mol. The van der Waals surface area contributed by atoms with Crippen LogP contribution in [0.1, 0.15) is 275 Å². The molecule has 0 amide bonds. The molecule has 1 aliphatic rings. The van der Waals surface area contributed by atoms with E-state index in [1.54, 1.807) is 50.1 Å². The Morgan fingerprint density at radius 2 is 0.651 bits per heavy atom. The van der Waals surface area contributed by atoms with Crippen molar-refractivity contribution < 1.29 is 0 Å². The summed E-state index contributed by atoms with van der Waals surface area (Å²) in [6.45, 7) is 65.3. The summed E-state index contributed by atoms with van der Waals surface area (Å²) in [5, 5.41) is 5.72. The molecule has 350 valence electrons. The van der Waals surface area contributed by atoms with Crippen LogP contribution in [0.2, 0.25) is 0 Å². The SMILES string of the molecule is CC1=C(C(C)C)C(C(C)C)=C(C)C1.Cc1c(C(C)C)c(C(C)C)c(C)c(C(C)(C)C)c1C(C)C.Cc1c2cc(C(C)C)c(C(C)C)cc2c(C)c2cc(C(C)(C)C)c(C(C)C)cc12. The molecule has 63 heavy (non-hydrogen) atoms. The highest BCUT2D eigenvalue weighted by Gasteiger charge is 2.30. The molecule has 0 aromatic heterocycles. The van der Waals surface area contributed by atoms with Gasteiger partial charge in [0.2, 0.25) is 0 Å². The van der Waals surface area contributed by atoms with Crippen molar-refractivity contribution in [3.63, 3.8) is 0 Å². The van der Waals surface area contributed by atoms with Crippen molar-refractivity contribution in [2.75, 3.05) is 0 Å². The van der Waals surface area contributed by atoms with Gasteiger partial charge in [0.1, 0.15) is 0 Å². The van der Waals surface area contributed by atoms with Crippen LogP contribution in [0.15, 0.2) is 46.6 Å². The van der Waals surface area contributed by atoms with E-state index in [1.165, 1.54) is 66.9 Å². The monoisotopic (exact) mass is 855 g/mol. The Bertz CT molecular complexity index is 2290. The van der Waals surface area contributed by atoms with E-state index in [1.807, 2.05) is 0 Å². The van der Waals surface area contributed by atoms with E-state index in [9.17, 15) is 0 Å². The summed E-state index contributed by atoms with van der Waals surface area (Å²) >= 11 is 0. The molecule has 0 atom stereocenters. The second kappa shape index (κ2) is 20.6. The number of allylic oxidation sites excluding steroid dienone is 4. The van der Waals surface area contributed by atoms with Crippen LogP contribution in [-0.2, 0) is 10.8 Å². The van der Waals surface area contributed by atoms with Gasteiger partial charge in [-0.15, -0.1) is 0 Å². The first-order valence-electron chi connectivity index (χ1n) is 25.3. The molecule has 4 aromatic rings. The maximum atomic E-state index is 2.50. The molecule has 0 heteroatoms. The van der Waals surface area contributed by atoms with Gasteiger partial charge in [-0.25, -0.2) is 0 Å². The van der Waals surface area contributed by atoms with Crippen molar-refractivity contribution in [2.24, 2.45) is 11.8 Å². The lowest BCUT2D eigenvalue weighted by atomic mass is 9.70.